The molecule has 12 heteroatoms. The van der Waals surface area contributed by atoms with Crippen LogP contribution >= 0.6 is 11.8 Å². The molecule has 38 heavy (non-hydrogen) atoms. The van der Waals surface area contributed by atoms with Gasteiger partial charge >= 0.3 is 0 Å². The minimum atomic E-state index is -1.37. The van der Waals surface area contributed by atoms with Crippen LogP contribution in [0.1, 0.15) is 64.5 Å². The lowest BCUT2D eigenvalue weighted by Crippen LogP contribution is -2.72. The number of fused-ring (bicyclic) bond motifs is 1. The average Bonchev–Trinajstić information content (AvgIpc) is 3.22. The van der Waals surface area contributed by atoms with Gasteiger partial charge in [-0.1, -0.05) is 12.1 Å². The molecule has 2 aliphatic heterocycles. The van der Waals surface area contributed by atoms with Gasteiger partial charge in [0.25, 0.3) is 5.91 Å². The first kappa shape index (κ1) is 27.2. The molecule has 0 spiro atoms. The minimum absolute atomic E-state index is 0.0399. The number of rotatable bonds is 7. The van der Waals surface area contributed by atoms with Gasteiger partial charge in [0.15, 0.2) is 5.78 Å². The third-order valence-corrected chi connectivity index (χ3v) is 8.80. The molecule has 4 rings (SSSR count). The number of carboxylic acids is 1. The Hall–Kier alpha value is -3.80. The van der Waals surface area contributed by atoms with Crippen molar-refractivity contribution in [3.8, 4) is 5.75 Å². The molecule has 202 valence electrons. The maximum absolute atomic E-state index is 13.5. The van der Waals surface area contributed by atoms with Crippen molar-refractivity contribution in [2.24, 2.45) is 7.05 Å². The zero-order valence-corrected chi connectivity index (χ0v) is 22.6. The van der Waals surface area contributed by atoms with Crippen molar-refractivity contribution in [1.82, 2.24) is 20.1 Å². The average molecular weight is 542 g/mol. The topological polar surface area (TPSA) is 161 Å². The molecule has 2 fully saturated rings. The summed E-state index contributed by atoms with van der Waals surface area (Å²) in [6.07, 6.45) is 0. The van der Waals surface area contributed by atoms with Crippen LogP contribution in [0.4, 0.5) is 0 Å². The van der Waals surface area contributed by atoms with Gasteiger partial charge in [0.1, 0.15) is 28.9 Å². The standard InChI is InChI=1S/C26H30N4O7S/c1-11-16(13(3)31)12(2)29(6)19(11)22(34)27-17(14-7-9-15(32)10-8-14)21(33)28-18-23(35)30-20(25(36)37)26(4,5)38-24(18)30/h7-10,17-18,20,24,32H,1-6H3,(H,27,34)(H,28,33)(H,36,37)/p-1/t17?,18-,20+,24-/m1/s1. The number of ketones is 1. The van der Waals surface area contributed by atoms with Gasteiger partial charge in [-0.05, 0) is 57.9 Å². The lowest BCUT2D eigenvalue weighted by molar-refractivity contribution is -0.312. The first-order valence-electron chi connectivity index (χ1n) is 11.9. The maximum atomic E-state index is 13.5. The summed E-state index contributed by atoms with van der Waals surface area (Å²) in [6.45, 7) is 8.18. The van der Waals surface area contributed by atoms with Crippen LogP contribution in [-0.4, -0.2) is 66.3 Å². The second kappa shape index (κ2) is 9.50. The molecular weight excluding hydrogens is 512 g/mol. The van der Waals surface area contributed by atoms with Crippen LogP contribution in [0.25, 0.3) is 0 Å². The maximum Gasteiger partial charge on any atom is 0.269 e. The second-order valence-corrected chi connectivity index (χ2v) is 11.9. The number of benzene rings is 1. The molecule has 11 nitrogen and oxygen atoms in total. The van der Waals surface area contributed by atoms with E-state index in [1.165, 1.54) is 47.9 Å². The van der Waals surface area contributed by atoms with Gasteiger partial charge in [-0.15, -0.1) is 11.8 Å². The van der Waals surface area contributed by atoms with Gasteiger partial charge in [-0.3, -0.25) is 19.2 Å². The number of nitrogens with one attached hydrogen (secondary N) is 2. The predicted octanol–water partition coefficient (Wildman–Crippen LogP) is 0.318. The number of hydrogen-bond donors (Lipinski definition) is 3. The van der Waals surface area contributed by atoms with E-state index in [1.54, 1.807) is 39.3 Å². The number of phenolic OH excluding ortho intramolecular Hbond substituents is 1. The van der Waals surface area contributed by atoms with Crippen molar-refractivity contribution in [3.05, 3.63) is 52.3 Å². The van der Waals surface area contributed by atoms with E-state index in [2.05, 4.69) is 10.6 Å². The number of carboxylic acid groups (broad SMARTS) is 1. The molecule has 2 saturated heterocycles. The van der Waals surface area contributed by atoms with Gasteiger partial charge in [0, 0.05) is 23.1 Å². The summed E-state index contributed by atoms with van der Waals surface area (Å²) in [6, 6.07) is 2.29. The Labute approximate surface area is 223 Å². The van der Waals surface area contributed by atoms with E-state index >= 15 is 0 Å². The summed E-state index contributed by atoms with van der Waals surface area (Å²) in [7, 11) is 1.65. The molecule has 1 aromatic carbocycles. The number of Topliss-reactive ketones (excluding diaryl/α,β-unsaturated/α-hetero) is 1. The fraction of sp³-hybridized carbons (Fsp3) is 0.423. The molecule has 2 aliphatic rings. The Balaban J connectivity index is 1.62. The van der Waals surface area contributed by atoms with E-state index in [0.29, 0.717) is 22.4 Å². The Morgan fingerprint density at radius 2 is 1.74 bits per heavy atom. The van der Waals surface area contributed by atoms with E-state index in [-0.39, 0.29) is 17.2 Å². The van der Waals surface area contributed by atoms with E-state index in [1.807, 2.05) is 0 Å². The van der Waals surface area contributed by atoms with E-state index < -0.39 is 51.9 Å². The first-order valence-corrected chi connectivity index (χ1v) is 12.8. The summed E-state index contributed by atoms with van der Waals surface area (Å²) in [5.74, 6) is -3.44. The molecule has 0 bridgehead atoms. The number of carbonyl (C=O) groups excluding carboxylic acids is 5. The van der Waals surface area contributed by atoms with Crippen LogP contribution in [0.5, 0.6) is 5.75 Å². The number of nitrogens with zero attached hydrogens (tertiary/aromatic N) is 2. The largest absolute Gasteiger partial charge is 0.548 e. The number of phenols is 1. The van der Waals surface area contributed by atoms with Crippen molar-refractivity contribution in [2.45, 2.75) is 62.9 Å². The lowest BCUT2D eigenvalue weighted by atomic mass is 9.95. The summed E-state index contributed by atoms with van der Waals surface area (Å²) in [4.78, 5) is 64.8. The Kier molecular flexibility index (Phi) is 6.81. The minimum Gasteiger partial charge on any atom is -0.548 e. The quantitative estimate of drug-likeness (QED) is 0.334. The van der Waals surface area contributed by atoms with Crippen molar-refractivity contribution in [2.75, 3.05) is 0 Å². The number of β-lactam (4-membered cyclic amide) rings is 1. The zero-order chi connectivity index (χ0) is 28.3. The SMILES string of the molecule is CC(=O)c1c(C)c(C(=O)NC(C(=O)N[C@@H]2C(=O)N3[C@@H]2SC(C)(C)[C@@H]3C(=O)[O-])c2ccc(O)cc2)n(C)c1C. The highest BCUT2D eigenvalue weighted by atomic mass is 32.2. The lowest BCUT2D eigenvalue weighted by Gasteiger charge is -2.45. The molecule has 3 N–H and O–H groups in total. The number of amides is 3. The molecule has 3 amide bonds. The number of hydrogen-bond acceptors (Lipinski definition) is 8. The van der Waals surface area contributed by atoms with Crippen molar-refractivity contribution in [1.29, 1.82) is 0 Å². The van der Waals surface area contributed by atoms with Gasteiger partial charge in [-0.2, -0.15) is 0 Å². The van der Waals surface area contributed by atoms with Crippen LogP contribution in [0.3, 0.4) is 0 Å². The van der Waals surface area contributed by atoms with Crippen LogP contribution in [0, 0.1) is 13.8 Å². The molecule has 3 heterocycles. The van der Waals surface area contributed by atoms with Gasteiger partial charge < -0.3 is 35.1 Å². The fourth-order valence-corrected chi connectivity index (χ4v) is 6.97. The molecule has 0 saturated carbocycles. The molecule has 0 radical (unpaired) electrons. The second-order valence-electron chi connectivity index (χ2n) is 10.1. The monoisotopic (exact) mass is 541 g/mol. The summed E-state index contributed by atoms with van der Waals surface area (Å²) >= 11 is 1.25. The van der Waals surface area contributed by atoms with Crippen molar-refractivity contribution < 1.29 is 34.2 Å². The predicted molar refractivity (Wildman–Crippen MR) is 136 cm³/mol. The normalized spacial score (nSPS) is 22.3. The van der Waals surface area contributed by atoms with Crippen molar-refractivity contribution >= 4 is 41.2 Å². The third kappa shape index (κ3) is 4.32. The highest BCUT2D eigenvalue weighted by Gasteiger charge is 2.62. The molecule has 4 atom stereocenters. The van der Waals surface area contributed by atoms with E-state index in [9.17, 15) is 34.2 Å². The number of carbonyl (C=O) groups is 5. The highest BCUT2D eigenvalue weighted by molar-refractivity contribution is 8.01. The van der Waals surface area contributed by atoms with Gasteiger partial charge in [0.05, 0.1) is 12.0 Å². The Morgan fingerprint density at radius 3 is 2.26 bits per heavy atom. The number of aromatic hydroxyl groups is 1. The summed E-state index contributed by atoms with van der Waals surface area (Å²) < 4.78 is 0.761. The summed E-state index contributed by atoms with van der Waals surface area (Å²) in [5.41, 5.74) is 2.06. The zero-order valence-electron chi connectivity index (χ0n) is 21.8. The van der Waals surface area contributed by atoms with Crippen LogP contribution in [0.15, 0.2) is 24.3 Å². The van der Waals surface area contributed by atoms with E-state index in [4.69, 9.17) is 0 Å². The van der Waals surface area contributed by atoms with E-state index in [0.717, 1.165) is 0 Å². The van der Waals surface area contributed by atoms with Crippen molar-refractivity contribution in [3.63, 3.8) is 0 Å². The smallest absolute Gasteiger partial charge is 0.269 e. The first-order chi connectivity index (χ1) is 17.7. The number of aliphatic carboxylic acids is 1. The fourth-order valence-electron chi connectivity index (χ4n) is 5.35. The molecule has 1 unspecified atom stereocenters. The highest BCUT2D eigenvalue weighted by Crippen LogP contribution is 2.50. The number of thioether (sulfide) groups is 1. The molecule has 2 aromatic rings. The van der Waals surface area contributed by atoms with Crippen LogP contribution in [-0.2, 0) is 21.4 Å². The Bertz CT molecular complexity index is 1360. The summed E-state index contributed by atoms with van der Waals surface area (Å²) in [5, 5.41) is 26.2. The number of aromatic nitrogens is 1. The molecule has 0 aliphatic carbocycles. The van der Waals surface area contributed by atoms with Gasteiger partial charge in [-0.25, -0.2) is 0 Å². The van der Waals surface area contributed by atoms with Gasteiger partial charge in [0.2, 0.25) is 11.8 Å². The Morgan fingerprint density at radius 1 is 1.13 bits per heavy atom. The molecule has 1 aromatic heterocycles. The molecular formula is C26H29N4O7S-. The van der Waals surface area contributed by atoms with Crippen LogP contribution in [0.2, 0.25) is 0 Å². The third-order valence-electron chi connectivity index (χ3n) is 7.22. The van der Waals surface area contributed by atoms with Crippen LogP contribution < -0.4 is 15.7 Å².